The van der Waals surface area contributed by atoms with Crippen molar-refractivity contribution in [2.24, 2.45) is 10.9 Å². The Balaban J connectivity index is 2.91. The lowest BCUT2D eigenvalue weighted by atomic mass is 10.2. The quantitative estimate of drug-likeness (QED) is 0.332. The number of hydrogen-bond donors (Lipinski definition) is 2. The average molecular weight is 222 g/mol. The van der Waals surface area contributed by atoms with E-state index in [9.17, 15) is 4.79 Å². The summed E-state index contributed by atoms with van der Waals surface area (Å²) >= 11 is 0. The van der Waals surface area contributed by atoms with Crippen molar-refractivity contribution in [2.45, 2.75) is 6.92 Å². The highest BCUT2D eigenvalue weighted by Crippen LogP contribution is 2.03. The fourth-order valence-corrected chi connectivity index (χ4v) is 1.07. The molecule has 0 bridgehead atoms. The highest BCUT2D eigenvalue weighted by atomic mass is 16.4. The Morgan fingerprint density at radius 3 is 2.75 bits per heavy atom. The fourth-order valence-electron chi connectivity index (χ4n) is 1.07. The van der Waals surface area contributed by atoms with E-state index in [1.54, 1.807) is 24.1 Å². The van der Waals surface area contributed by atoms with Crippen molar-refractivity contribution in [3.8, 4) is 0 Å². The molecular weight excluding hydrogens is 208 g/mol. The molecule has 1 heterocycles. The molecule has 0 radical (unpaired) electrons. The monoisotopic (exact) mass is 222 g/mol. The number of aromatic nitrogens is 1. The predicted molar refractivity (Wildman–Crippen MR) is 59.4 cm³/mol. The second-order valence-corrected chi connectivity index (χ2v) is 3.24. The zero-order chi connectivity index (χ0) is 12.1. The molecule has 1 aromatic heterocycles. The van der Waals surface area contributed by atoms with Crippen LogP contribution >= 0.6 is 0 Å². The van der Waals surface area contributed by atoms with E-state index in [2.05, 4.69) is 10.1 Å². The topological polar surface area (TPSA) is 91.8 Å². The molecule has 0 atom stereocenters. The highest BCUT2D eigenvalue weighted by molar-refractivity contribution is 5.98. The Hall–Kier alpha value is -2.11. The van der Waals surface area contributed by atoms with Crippen LogP contribution in [0.25, 0.3) is 0 Å². The summed E-state index contributed by atoms with van der Waals surface area (Å²) in [6.45, 7) is 2.49. The van der Waals surface area contributed by atoms with E-state index in [0.29, 0.717) is 17.8 Å². The highest BCUT2D eigenvalue weighted by Gasteiger charge is 2.11. The smallest absolute Gasteiger partial charge is 0.272 e. The molecule has 0 saturated heterocycles. The van der Waals surface area contributed by atoms with Crippen LogP contribution in [0.2, 0.25) is 0 Å². The van der Waals surface area contributed by atoms with Crippen molar-refractivity contribution in [2.75, 3.05) is 13.6 Å². The molecule has 0 saturated carbocycles. The summed E-state index contributed by atoms with van der Waals surface area (Å²) in [5.41, 5.74) is 6.17. The predicted octanol–water partition coefficient (Wildman–Crippen LogP) is 0.268. The van der Waals surface area contributed by atoms with Gasteiger partial charge in [-0.1, -0.05) is 5.16 Å². The number of hydrogen-bond acceptors (Lipinski definition) is 4. The summed E-state index contributed by atoms with van der Waals surface area (Å²) in [6.07, 6.45) is 1.39. The minimum Gasteiger partial charge on any atom is -0.409 e. The van der Waals surface area contributed by atoms with Crippen LogP contribution in [-0.2, 0) is 0 Å². The summed E-state index contributed by atoms with van der Waals surface area (Å²) in [5.74, 6) is -0.191. The largest absolute Gasteiger partial charge is 0.409 e. The first kappa shape index (κ1) is 12.0. The molecule has 0 aliphatic carbocycles. The molecule has 86 valence electrons. The number of amides is 1. The molecule has 1 aromatic rings. The van der Waals surface area contributed by atoms with Gasteiger partial charge in [0.2, 0.25) is 0 Å². The molecule has 0 aliphatic rings. The number of amidine groups is 1. The first-order valence-electron chi connectivity index (χ1n) is 4.79. The molecule has 16 heavy (non-hydrogen) atoms. The van der Waals surface area contributed by atoms with Crippen molar-refractivity contribution in [1.29, 1.82) is 0 Å². The van der Waals surface area contributed by atoms with Crippen molar-refractivity contribution in [1.82, 2.24) is 9.88 Å². The molecule has 1 amide bonds. The molecule has 6 heteroatoms. The first-order chi connectivity index (χ1) is 7.60. The summed E-state index contributed by atoms with van der Waals surface area (Å²) in [4.78, 5) is 17.2. The van der Waals surface area contributed by atoms with Gasteiger partial charge in [0, 0.05) is 25.4 Å². The van der Waals surface area contributed by atoms with Gasteiger partial charge in [0.1, 0.15) is 5.69 Å². The van der Waals surface area contributed by atoms with E-state index in [0.717, 1.165) is 0 Å². The first-order valence-corrected chi connectivity index (χ1v) is 4.79. The Bertz CT molecular complexity index is 400. The van der Waals surface area contributed by atoms with Gasteiger partial charge in [-0.25, -0.2) is 0 Å². The van der Waals surface area contributed by atoms with E-state index in [-0.39, 0.29) is 11.7 Å². The van der Waals surface area contributed by atoms with Gasteiger partial charge in [-0.05, 0) is 19.1 Å². The molecular formula is C10H14N4O2. The third-order valence-corrected chi connectivity index (χ3v) is 2.21. The molecule has 0 aliphatic heterocycles. The van der Waals surface area contributed by atoms with Crippen LogP contribution in [0, 0.1) is 0 Å². The van der Waals surface area contributed by atoms with Crippen LogP contribution in [-0.4, -0.2) is 40.4 Å². The van der Waals surface area contributed by atoms with Gasteiger partial charge in [0.15, 0.2) is 5.84 Å². The standard InChI is InChI=1S/C10H14N4O2/c1-3-14(2)10(15)8-5-4-7(6-12-8)9(11)13-16/h4-6,16H,3H2,1-2H3,(H2,11,13). The molecule has 6 nitrogen and oxygen atoms in total. The maximum atomic E-state index is 11.7. The van der Waals surface area contributed by atoms with Gasteiger partial charge in [-0.2, -0.15) is 0 Å². The minimum atomic E-state index is -0.159. The van der Waals surface area contributed by atoms with Gasteiger partial charge >= 0.3 is 0 Å². The van der Waals surface area contributed by atoms with Gasteiger partial charge in [-0.15, -0.1) is 0 Å². The van der Waals surface area contributed by atoms with E-state index in [4.69, 9.17) is 10.9 Å². The van der Waals surface area contributed by atoms with E-state index in [1.807, 2.05) is 6.92 Å². The van der Waals surface area contributed by atoms with Gasteiger partial charge in [0.25, 0.3) is 5.91 Å². The van der Waals surface area contributed by atoms with Crippen molar-refractivity contribution in [3.05, 3.63) is 29.6 Å². The second kappa shape index (κ2) is 5.11. The number of rotatable bonds is 3. The maximum Gasteiger partial charge on any atom is 0.272 e. The van der Waals surface area contributed by atoms with Gasteiger partial charge in [-0.3, -0.25) is 9.78 Å². The lowest BCUT2D eigenvalue weighted by Gasteiger charge is -2.13. The molecule has 3 N–H and O–H groups in total. The Labute approximate surface area is 93.4 Å². The van der Waals surface area contributed by atoms with E-state index in [1.165, 1.54) is 6.20 Å². The van der Waals surface area contributed by atoms with Gasteiger partial charge in [0.05, 0.1) is 0 Å². The van der Waals surface area contributed by atoms with Crippen molar-refractivity contribution in [3.63, 3.8) is 0 Å². The number of carbonyl (C=O) groups is 1. The van der Waals surface area contributed by atoms with E-state index < -0.39 is 0 Å². The summed E-state index contributed by atoms with van der Waals surface area (Å²) < 4.78 is 0. The number of oxime groups is 1. The second-order valence-electron chi connectivity index (χ2n) is 3.24. The fraction of sp³-hybridized carbons (Fsp3) is 0.300. The van der Waals surface area contributed by atoms with E-state index >= 15 is 0 Å². The normalized spacial score (nSPS) is 11.2. The van der Waals surface area contributed by atoms with Crippen molar-refractivity contribution < 1.29 is 10.0 Å². The average Bonchev–Trinajstić information content (AvgIpc) is 2.36. The minimum absolute atomic E-state index is 0.0321. The Kier molecular flexibility index (Phi) is 3.82. The SMILES string of the molecule is CCN(C)C(=O)c1ccc(C(N)=NO)cn1. The van der Waals surface area contributed by atoms with Crippen LogP contribution in [0.15, 0.2) is 23.5 Å². The lowest BCUT2D eigenvalue weighted by molar-refractivity contribution is 0.0796. The zero-order valence-corrected chi connectivity index (χ0v) is 9.21. The van der Waals surface area contributed by atoms with Crippen molar-refractivity contribution >= 4 is 11.7 Å². The third-order valence-electron chi connectivity index (χ3n) is 2.21. The Morgan fingerprint density at radius 2 is 2.31 bits per heavy atom. The lowest BCUT2D eigenvalue weighted by Crippen LogP contribution is -2.27. The maximum absolute atomic E-state index is 11.7. The summed E-state index contributed by atoms with van der Waals surface area (Å²) in [6, 6.07) is 3.13. The number of nitrogens with zero attached hydrogens (tertiary/aromatic N) is 3. The van der Waals surface area contributed by atoms with Crippen LogP contribution in [0.3, 0.4) is 0 Å². The number of nitrogens with two attached hydrogens (primary N) is 1. The molecule has 0 fully saturated rings. The third kappa shape index (κ3) is 2.47. The molecule has 0 unspecified atom stereocenters. The zero-order valence-electron chi connectivity index (χ0n) is 9.21. The van der Waals surface area contributed by atoms with Crippen LogP contribution in [0.1, 0.15) is 23.0 Å². The van der Waals surface area contributed by atoms with Gasteiger partial charge < -0.3 is 15.8 Å². The summed E-state index contributed by atoms with van der Waals surface area (Å²) in [7, 11) is 1.70. The summed E-state index contributed by atoms with van der Waals surface area (Å²) in [5, 5.41) is 11.3. The van der Waals surface area contributed by atoms with Crippen LogP contribution in [0.5, 0.6) is 0 Å². The molecule has 1 rings (SSSR count). The number of carbonyl (C=O) groups excluding carboxylic acids is 1. The molecule has 0 aromatic carbocycles. The van der Waals surface area contributed by atoms with Crippen LogP contribution in [0.4, 0.5) is 0 Å². The molecule has 0 spiro atoms. The Morgan fingerprint density at radius 1 is 1.62 bits per heavy atom. The number of pyridine rings is 1. The van der Waals surface area contributed by atoms with Crippen LogP contribution < -0.4 is 5.73 Å².